The van der Waals surface area contributed by atoms with Crippen molar-refractivity contribution in [3.05, 3.63) is 0 Å². The summed E-state index contributed by atoms with van der Waals surface area (Å²) >= 11 is 0. The minimum Gasteiger partial charge on any atom is -0.466 e. The van der Waals surface area contributed by atoms with Gasteiger partial charge in [-0.05, 0) is 19.8 Å². The molecule has 0 unspecified atom stereocenters. The zero-order valence-electron chi connectivity index (χ0n) is 13.2. The van der Waals surface area contributed by atoms with E-state index in [-0.39, 0.29) is 32.5 Å². The maximum absolute atomic E-state index is 11.7. The van der Waals surface area contributed by atoms with E-state index in [0.717, 1.165) is 0 Å². The zero-order chi connectivity index (χ0) is 17.1. The number of ether oxygens (including phenoxy) is 2. The molecule has 3 N–H and O–H groups in total. The summed E-state index contributed by atoms with van der Waals surface area (Å²) in [7, 11) is 0. The van der Waals surface area contributed by atoms with Gasteiger partial charge in [0.25, 0.3) is 0 Å². The van der Waals surface area contributed by atoms with Gasteiger partial charge in [0.15, 0.2) is 0 Å². The molecule has 0 heterocycles. The summed E-state index contributed by atoms with van der Waals surface area (Å²) < 4.78 is 9.49. The number of nitrogens with two attached hydrogens (primary N) is 1. The van der Waals surface area contributed by atoms with Gasteiger partial charge in [-0.2, -0.15) is 0 Å². The Kier molecular flexibility index (Phi) is 9.56. The van der Waals surface area contributed by atoms with Gasteiger partial charge in [-0.1, -0.05) is 6.92 Å². The van der Waals surface area contributed by atoms with Crippen LogP contribution in [0.5, 0.6) is 0 Å². The van der Waals surface area contributed by atoms with Crippen LogP contribution in [-0.2, 0) is 28.7 Å². The molecular weight excluding hydrogens is 292 g/mol. The minimum absolute atomic E-state index is 0.0421. The predicted octanol–water partition coefficient (Wildman–Crippen LogP) is -0.111. The number of hydrogen-bond acceptors (Lipinski definition) is 6. The van der Waals surface area contributed by atoms with Crippen LogP contribution in [0.3, 0.4) is 0 Å². The number of carbonyl (C=O) groups is 4. The van der Waals surface area contributed by atoms with Gasteiger partial charge in [0.1, 0.15) is 6.04 Å². The fraction of sp³-hybridized carbons (Fsp3) is 0.714. The maximum atomic E-state index is 11.7. The number of nitrogens with one attached hydrogen (secondary N) is 1. The zero-order valence-corrected chi connectivity index (χ0v) is 13.2. The second kappa shape index (κ2) is 10.6. The first-order valence-corrected chi connectivity index (χ1v) is 7.21. The molecule has 2 amide bonds. The molecule has 0 aromatic heterocycles. The number of amides is 2. The molecule has 0 saturated carbocycles. The van der Waals surface area contributed by atoms with Gasteiger partial charge in [-0.15, -0.1) is 0 Å². The quantitative estimate of drug-likeness (QED) is 0.542. The van der Waals surface area contributed by atoms with Crippen molar-refractivity contribution in [3.8, 4) is 0 Å². The number of primary amides is 1. The van der Waals surface area contributed by atoms with E-state index in [0.29, 0.717) is 0 Å². The summed E-state index contributed by atoms with van der Waals surface area (Å²) in [5.41, 5.74) is 5.24. The Bertz CT molecular complexity index is 410. The number of carbonyl (C=O) groups excluding carboxylic acids is 4. The lowest BCUT2D eigenvalue weighted by atomic mass is 9.97. The molecular formula is C14H24N2O6. The van der Waals surface area contributed by atoms with Crippen LogP contribution in [0.4, 0.5) is 0 Å². The van der Waals surface area contributed by atoms with Gasteiger partial charge in [0, 0.05) is 6.42 Å². The van der Waals surface area contributed by atoms with Crippen molar-refractivity contribution in [3.63, 3.8) is 0 Å². The predicted molar refractivity (Wildman–Crippen MR) is 77.4 cm³/mol. The van der Waals surface area contributed by atoms with Crippen molar-refractivity contribution in [2.75, 3.05) is 13.2 Å². The van der Waals surface area contributed by atoms with E-state index in [4.69, 9.17) is 15.2 Å². The summed E-state index contributed by atoms with van der Waals surface area (Å²) in [4.78, 5) is 45.7. The van der Waals surface area contributed by atoms with Gasteiger partial charge in [0.2, 0.25) is 11.8 Å². The molecule has 0 rings (SSSR count). The molecule has 22 heavy (non-hydrogen) atoms. The maximum Gasteiger partial charge on any atom is 0.306 e. The van der Waals surface area contributed by atoms with Crippen LogP contribution < -0.4 is 11.1 Å². The second-order valence-corrected chi connectivity index (χ2v) is 4.74. The first-order valence-electron chi connectivity index (χ1n) is 7.21. The first kappa shape index (κ1) is 19.9. The van der Waals surface area contributed by atoms with E-state index >= 15 is 0 Å². The molecule has 0 aliphatic heterocycles. The van der Waals surface area contributed by atoms with E-state index in [1.54, 1.807) is 20.8 Å². The molecule has 0 spiro atoms. The fourth-order valence-electron chi connectivity index (χ4n) is 1.79. The van der Waals surface area contributed by atoms with Gasteiger partial charge in [-0.25, -0.2) is 0 Å². The van der Waals surface area contributed by atoms with E-state index in [1.807, 2.05) is 0 Å². The Hall–Kier alpha value is -2.12. The van der Waals surface area contributed by atoms with Crippen molar-refractivity contribution in [2.45, 2.75) is 46.1 Å². The lowest BCUT2D eigenvalue weighted by Crippen LogP contribution is -2.49. The molecule has 8 heteroatoms. The lowest BCUT2D eigenvalue weighted by molar-refractivity contribution is -0.144. The van der Waals surface area contributed by atoms with E-state index in [2.05, 4.69) is 5.32 Å². The summed E-state index contributed by atoms with van der Waals surface area (Å²) in [6.07, 6.45) is -0.244. The number of esters is 2. The molecule has 0 aliphatic rings. The highest BCUT2D eigenvalue weighted by Gasteiger charge is 2.27. The Morgan fingerprint density at radius 1 is 1.00 bits per heavy atom. The SMILES string of the molecule is CCOC(=O)CCC(=O)N[C@H](C(N)=O)[C@@H](C)CC(=O)OCC. The van der Waals surface area contributed by atoms with Crippen LogP contribution in [0.1, 0.15) is 40.0 Å². The average molecular weight is 316 g/mol. The van der Waals surface area contributed by atoms with Gasteiger partial charge >= 0.3 is 11.9 Å². The Morgan fingerprint density at radius 3 is 2.05 bits per heavy atom. The second-order valence-electron chi connectivity index (χ2n) is 4.74. The van der Waals surface area contributed by atoms with Crippen LogP contribution in [0.15, 0.2) is 0 Å². The van der Waals surface area contributed by atoms with E-state index in [1.165, 1.54) is 0 Å². The van der Waals surface area contributed by atoms with Crippen LogP contribution in [-0.4, -0.2) is 43.0 Å². The highest BCUT2D eigenvalue weighted by Crippen LogP contribution is 2.10. The third-order valence-corrected chi connectivity index (χ3v) is 2.85. The molecule has 2 atom stereocenters. The Labute approximate surface area is 129 Å². The smallest absolute Gasteiger partial charge is 0.306 e. The average Bonchev–Trinajstić information content (AvgIpc) is 2.42. The van der Waals surface area contributed by atoms with Crippen LogP contribution in [0.2, 0.25) is 0 Å². The molecule has 126 valence electrons. The topological polar surface area (TPSA) is 125 Å². The Balaban J connectivity index is 4.44. The van der Waals surface area contributed by atoms with Crippen molar-refractivity contribution < 1.29 is 28.7 Å². The molecule has 0 aromatic carbocycles. The molecule has 0 radical (unpaired) electrons. The van der Waals surface area contributed by atoms with E-state index < -0.39 is 35.7 Å². The van der Waals surface area contributed by atoms with Crippen molar-refractivity contribution >= 4 is 23.8 Å². The highest BCUT2D eigenvalue weighted by molar-refractivity contribution is 5.88. The van der Waals surface area contributed by atoms with Crippen molar-refractivity contribution in [2.24, 2.45) is 11.7 Å². The minimum atomic E-state index is -1.00. The molecule has 0 aliphatic carbocycles. The van der Waals surface area contributed by atoms with E-state index in [9.17, 15) is 19.2 Å². The van der Waals surface area contributed by atoms with Gasteiger partial charge < -0.3 is 20.5 Å². The standard InChI is InChI=1S/C14H24N2O6/c1-4-21-11(18)7-6-10(17)16-13(14(15)20)9(3)8-12(19)22-5-2/h9,13H,4-8H2,1-3H3,(H2,15,20)(H,16,17)/t9-,13-/m0/s1. The summed E-state index contributed by atoms with van der Waals surface area (Å²) in [5, 5.41) is 2.43. The lowest BCUT2D eigenvalue weighted by Gasteiger charge is -2.21. The monoisotopic (exact) mass is 316 g/mol. The highest BCUT2D eigenvalue weighted by atomic mass is 16.5. The fourth-order valence-corrected chi connectivity index (χ4v) is 1.79. The third-order valence-electron chi connectivity index (χ3n) is 2.85. The largest absolute Gasteiger partial charge is 0.466 e. The third kappa shape index (κ3) is 8.23. The van der Waals surface area contributed by atoms with Crippen LogP contribution >= 0.6 is 0 Å². The van der Waals surface area contributed by atoms with Crippen LogP contribution in [0.25, 0.3) is 0 Å². The van der Waals surface area contributed by atoms with Crippen molar-refractivity contribution in [1.29, 1.82) is 0 Å². The number of hydrogen-bond donors (Lipinski definition) is 2. The molecule has 0 saturated heterocycles. The van der Waals surface area contributed by atoms with Gasteiger partial charge in [-0.3, -0.25) is 19.2 Å². The summed E-state index contributed by atoms with van der Waals surface area (Å²) in [6.45, 7) is 5.42. The Morgan fingerprint density at radius 2 is 1.55 bits per heavy atom. The van der Waals surface area contributed by atoms with Crippen LogP contribution in [0, 0.1) is 5.92 Å². The molecule has 0 fully saturated rings. The molecule has 8 nitrogen and oxygen atoms in total. The van der Waals surface area contributed by atoms with Gasteiger partial charge in [0.05, 0.1) is 26.1 Å². The molecule has 0 aromatic rings. The number of rotatable bonds is 10. The first-order chi connectivity index (χ1) is 10.3. The molecule has 0 bridgehead atoms. The van der Waals surface area contributed by atoms with Crippen molar-refractivity contribution in [1.82, 2.24) is 5.32 Å². The summed E-state index contributed by atoms with van der Waals surface area (Å²) in [5.74, 6) is -2.73. The normalized spacial score (nSPS) is 12.9. The summed E-state index contributed by atoms with van der Waals surface area (Å²) in [6, 6.07) is -1.00.